The number of aromatic nitrogens is 3. The number of rotatable bonds is 6. The molecule has 2 aliphatic heterocycles. The average Bonchev–Trinajstić information content (AvgIpc) is 3.28. The molecular formula is C29H32N8O. The molecule has 2 bridgehead atoms. The van der Waals surface area contributed by atoms with Gasteiger partial charge in [-0.2, -0.15) is 5.10 Å². The number of carbonyl (C=O) groups excluding carboxylic acids is 1. The largest absolute Gasteiger partial charge is 0.367 e. The maximum absolute atomic E-state index is 12.1. The standard InChI is InChI=1S/C29H32N8O/c1-3-5-26(38)31-23-16-21(17-30-18-23)19-8-9-22-15-20(14-19)27(35-34-22)29-32-24-6-4-7-25(28(24)33-29)37-12-10-36(2)11-13-37/h4,6-9,14,16-18,34H,3,5,10-13,15H2,1-2H3,(H,31,38)(H,32,33). The highest BCUT2D eigenvalue weighted by atomic mass is 16.1. The van der Waals surface area contributed by atoms with Crippen LogP contribution in [0.1, 0.15) is 37.6 Å². The van der Waals surface area contributed by atoms with Crippen molar-refractivity contribution in [3.63, 3.8) is 0 Å². The van der Waals surface area contributed by atoms with Crippen LogP contribution in [0.3, 0.4) is 0 Å². The lowest BCUT2D eigenvalue weighted by atomic mass is 9.99. The number of piperazine rings is 1. The van der Waals surface area contributed by atoms with Crippen molar-refractivity contribution < 1.29 is 4.79 Å². The third-order valence-corrected chi connectivity index (χ3v) is 7.18. The predicted molar refractivity (Wildman–Crippen MR) is 152 cm³/mol. The van der Waals surface area contributed by atoms with Crippen LogP contribution in [0.2, 0.25) is 0 Å². The topological polar surface area (TPSA) is 102 Å². The summed E-state index contributed by atoms with van der Waals surface area (Å²) in [5, 5.41) is 7.65. The molecule has 0 saturated carbocycles. The van der Waals surface area contributed by atoms with Crippen LogP contribution in [0.15, 0.2) is 71.3 Å². The fourth-order valence-electron chi connectivity index (χ4n) is 5.10. The number of hydrogen-bond donors (Lipinski definition) is 3. The molecule has 1 fully saturated rings. The second-order valence-corrected chi connectivity index (χ2v) is 10.0. The van der Waals surface area contributed by atoms with Crippen molar-refractivity contribution in [2.24, 2.45) is 5.10 Å². The Labute approximate surface area is 222 Å². The molecule has 3 aliphatic rings. The van der Waals surface area contributed by atoms with E-state index < -0.39 is 0 Å². The van der Waals surface area contributed by atoms with Crippen LogP contribution in [0.4, 0.5) is 11.4 Å². The minimum Gasteiger partial charge on any atom is -0.367 e. The first-order valence-corrected chi connectivity index (χ1v) is 13.2. The number of anilines is 2. The van der Waals surface area contributed by atoms with Gasteiger partial charge in [-0.05, 0) is 55.0 Å². The van der Waals surface area contributed by atoms with Crippen LogP contribution in [-0.4, -0.2) is 64.7 Å². The number of benzene rings is 1. The molecule has 1 amide bonds. The van der Waals surface area contributed by atoms with Crippen LogP contribution < -0.4 is 15.6 Å². The summed E-state index contributed by atoms with van der Waals surface area (Å²) in [5.41, 5.74) is 11.9. The van der Waals surface area contributed by atoms with Crippen LogP contribution in [0.5, 0.6) is 0 Å². The number of hydrazone groups is 1. The highest BCUT2D eigenvalue weighted by Crippen LogP contribution is 2.31. The van der Waals surface area contributed by atoms with Gasteiger partial charge in [0.05, 0.1) is 23.1 Å². The smallest absolute Gasteiger partial charge is 0.224 e. The minimum atomic E-state index is -0.00271. The molecule has 1 aliphatic carbocycles. The second kappa shape index (κ2) is 10.3. The first kappa shape index (κ1) is 24.1. The van der Waals surface area contributed by atoms with E-state index in [1.165, 1.54) is 0 Å². The van der Waals surface area contributed by atoms with Crippen LogP contribution >= 0.6 is 0 Å². The van der Waals surface area contributed by atoms with E-state index >= 15 is 0 Å². The quantitative estimate of drug-likeness (QED) is 0.464. The zero-order chi connectivity index (χ0) is 26.1. The maximum Gasteiger partial charge on any atom is 0.224 e. The summed E-state index contributed by atoms with van der Waals surface area (Å²) in [7, 11) is 2.17. The van der Waals surface area contributed by atoms with Gasteiger partial charge < -0.3 is 20.1 Å². The summed E-state index contributed by atoms with van der Waals surface area (Å²) in [4.78, 5) is 29.8. The van der Waals surface area contributed by atoms with Crippen molar-refractivity contribution in [1.29, 1.82) is 0 Å². The van der Waals surface area contributed by atoms with Gasteiger partial charge in [0.15, 0.2) is 5.82 Å². The molecule has 9 heteroatoms. The zero-order valence-electron chi connectivity index (χ0n) is 21.8. The Morgan fingerprint density at radius 2 is 2.00 bits per heavy atom. The average molecular weight is 509 g/mol. The van der Waals surface area contributed by atoms with Crippen molar-refractivity contribution in [2.75, 3.05) is 43.4 Å². The van der Waals surface area contributed by atoms with Crippen molar-refractivity contribution in [3.8, 4) is 0 Å². The number of para-hydroxylation sites is 1. The number of nitrogens with zero attached hydrogens (tertiary/aromatic N) is 5. The van der Waals surface area contributed by atoms with Gasteiger partial charge in [-0.3, -0.25) is 15.2 Å². The van der Waals surface area contributed by atoms with Gasteiger partial charge >= 0.3 is 0 Å². The highest BCUT2D eigenvalue weighted by Gasteiger charge is 2.24. The van der Waals surface area contributed by atoms with Crippen molar-refractivity contribution in [1.82, 2.24) is 25.3 Å². The molecule has 194 valence electrons. The van der Waals surface area contributed by atoms with Gasteiger partial charge in [0.1, 0.15) is 11.2 Å². The SMILES string of the molecule is CCCC(=O)Nc1cncc(C2=CC=C3CC(=C2)C(c2nc4c(N5CCN(C)CC5)cccc4[nH]2)=NN3)c1. The molecule has 3 aromatic rings. The number of nitrogens with one attached hydrogen (secondary N) is 3. The predicted octanol–water partition coefficient (Wildman–Crippen LogP) is 4.05. The van der Waals surface area contributed by atoms with E-state index in [9.17, 15) is 4.79 Å². The lowest BCUT2D eigenvalue weighted by molar-refractivity contribution is -0.116. The second-order valence-electron chi connectivity index (χ2n) is 10.0. The lowest BCUT2D eigenvalue weighted by Gasteiger charge is -2.34. The summed E-state index contributed by atoms with van der Waals surface area (Å²) < 4.78 is 0. The lowest BCUT2D eigenvalue weighted by Crippen LogP contribution is -2.44. The number of aromatic amines is 1. The molecule has 0 spiro atoms. The van der Waals surface area contributed by atoms with E-state index in [4.69, 9.17) is 10.1 Å². The van der Waals surface area contributed by atoms with E-state index in [1.54, 1.807) is 6.20 Å². The number of imidazole rings is 1. The summed E-state index contributed by atoms with van der Waals surface area (Å²) in [6.45, 7) is 6.05. The Morgan fingerprint density at radius 3 is 2.84 bits per heavy atom. The number of amides is 1. The molecule has 6 rings (SSSR count). The molecule has 0 radical (unpaired) electrons. The maximum atomic E-state index is 12.1. The summed E-state index contributed by atoms with van der Waals surface area (Å²) in [5.74, 6) is 0.747. The highest BCUT2D eigenvalue weighted by molar-refractivity contribution is 6.14. The Morgan fingerprint density at radius 1 is 1.13 bits per heavy atom. The van der Waals surface area contributed by atoms with Gasteiger partial charge in [-0.25, -0.2) is 4.98 Å². The van der Waals surface area contributed by atoms with E-state index in [0.29, 0.717) is 12.1 Å². The van der Waals surface area contributed by atoms with Crippen LogP contribution in [0.25, 0.3) is 16.6 Å². The Balaban J connectivity index is 1.32. The molecule has 0 atom stereocenters. The third-order valence-electron chi connectivity index (χ3n) is 7.18. The van der Waals surface area contributed by atoms with Crippen LogP contribution in [-0.2, 0) is 4.79 Å². The number of hydrogen-bond acceptors (Lipinski definition) is 7. The fraction of sp³-hybridized carbons (Fsp3) is 0.310. The number of allylic oxidation sites excluding steroid dienone is 5. The molecule has 38 heavy (non-hydrogen) atoms. The molecule has 2 aromatic heterocycles. The summed E-state index contributed by atoms with van der Waals surface area (Å²) in [6.07, 6.45) is 11.8. The van der Waals surface area contributed by atoms with E-state index in [-0.39, 0.29) is 5.91 Å². The summed E-state index contributed by atoms with van der Waals surface area (Å²) >= 11 is 0. The first-order valence-electron chi connectivity index (χ1n) is 13.2. The monoisotopic (exact) mass is 508 g/mol. The molecule has 1 aromatic carbocycles. The van der Waals surface area contributed by atoms with E-state index in [2.05, 4.69) is 67.9 Å². The Hall–Kier alpha value is -4.24. The number of pyridine rings is 1. The van der Waals surface area contributed by atoms with Gasteiger partial charge in [-0.1, -0.05) is 19.1 Å². The van der Waals surface area contributed by atoms with E-state index in [1.807, 2.05) is 25.3 Å². The third kappa shape index (κ3) is 4.84. The van der Waals surface area contributed by atoms with Crippen molar-refractivity contribution >= 4 is 39.6 Å². The Kier molecular flexibility index (Phi) is 6.51. The fourth-order valence-corrected chi connectivity index (χ4v) is 5.10. The minimum absolute atomic E-state index is 0.00271. The number of fused-ring (bicyclic) bond motifs is 3. The number of H-pyrrole nitrogens is 1. The first-order chi connectivity index (χ1) is 18.6. The Bertz CT molecular complexity index is 1500. The molecule has 0 unspecified atom stereocenters. The molecular weight excluding hydrogens is 476 g/mol. The van der Waals surface area contributed by atoms with Gasteiger partial charge in [-0.15, -0.1) is 0 Å². The van der Waals surface area contributed by atoms with Gasteiger partial charge in [0.2, 0.25) is 5.91 Å². The normalized spacial score (nSPS) is 17.7. The molecule has 4 heterocycles. The van der Waals surface area contributed by atoms with Gasteiger partial charge in [0.25, 0.3) is 0 Å². The zero-order valence-corrected chi connectivity index (χ0v) is 21.8. The summed E-state index contributed by atoms with van der Waals surface area (Å²) in [6, 6.07) is 8.28. The van der Waals surface area contributed by atoms with Crippen molar-refractivity contribution in [2.45, 2.75) is 26.2 Å². The molecule has 1 saturated heterocycles. The number of carbonyl (C=O) groups is 1. The number of likely N-dealkylation sites (N-methyl/N-ethyl adjacent to an activating group) is 1. The molecule has 3 N–H and O–H groups in total. The van der Waals surface area contributed by atoms with Crippen molar-refractivity contribution in [3.05, 3.63) is 77.5 Å². The van der Waals surface area contributed by atoms with Crippen LogP contribution in [0, 0.1) is 0 Å². The molecule has 9 nitrogen and oxygen atoms in total. The van der Waals surface area contributed by atoms with E-state index in [0.717, 1.165) is 89.7 Å². The van der Waals surface area contributed by atoms with Gasteiger partial charge in [0, 0.05) is 56.5 Å².